The van der Waals surface area contributed by atoms with Crippen LogP contribution in [0.3, 0.4) is 0 Å². The maximum absolute atomic E-state index is 11.9. The predicted molar refractivity (Wildman–Crippen MR) is 60.7 cm³/mol. The van der Waals surface area contributed by atoms with Gasteiger partial charge in [0.2, 0.25) is 0 Å². The van der Waals surface area contributed by atoms with Crippen molar-refractivity contribution in [2.75, 3.05) is 6.54 Å². The Bertz CT molecular complexity index is 463. The highest BCUT2D eigenvalue weighted by atomic mass is 32.2. The Labute approximate surface area is 95.0 Å². The molecule has 0 spiro atoms. The van der Waals surface area contributed by atoms with Gasteiger partial charge in [-0.05, 0) is 30.5 Å². The zero-order valence-corrected chi connectivity index (χ0v) is 9.65. The van der Waals surface area contributed by atoms with Crippen molar-refractivity contribution < 1.29 is 13.5 Å². The van der Waals surface area contributed by atoms with E-state index in [1.165, 1.54) is 0 Å². The van der Waals surface area contributed by atoms with Gasteiger partial charge in [-0.3, -0.25) is 0 Å². The van der Waals surface area contributed by atoms with Crippen molar-refractivity contribution in [1.82, 2.24) is 0 Å². The van der Waals surface area contributed by atoms with Crippen LogP contribution in [0.4, 0.5) is 0 Å². The second kappa shape index (κ2) is 4.16. The van der Waals surface area contributed by atoms with Gasteiger partial charge in [-0.15, -0.1) is 0 Å². The van der Waals surface area contributed by atoms with E-state index in [-0.39, 0.29) is 11.8 Å². The summed E-state index contributed by atoms with van der Waals surface area (Å²) in [6, 6.07) is 6.32. The van der Waals surface area contributed by atoms with Crippen LogP contribution in [0, 0.1) is 0 Å². The minimum atomic E-state index is -3.13. The molecule has 0 radical (unpaired) electrons. The van der Waals surface area contributed by atoms with E-state index in [0.717, 1.165) is 12.8 Å². The fourth-order valence-electron chi connectivity index (χ4n) is 1.59. The number of nitrogens with two attached hydrogens (primary N) is 1. The zero-order chi connectivity index (χ0) is 11.8. The number of hydrogen-bond acceptors (Lipinski definition) is 4. The third kappa shape index (κ3) is 2.11. The quantitative estimate of drug-likeness (QED) is 0.809. The first kappa shape index (κ1) is 11.6. The van der Waals surface area contributed by atoms with Crippen molar-refractivity contribution in [3.63, 3.8) is 0 Å². The molecule has 0 aromatic heterocycles. The van der Waals surface area contributed by atoms with E-state index in [4.69, 9.17) is 5.73 Å². The average molecular weight is 241 g/mol. The van der Waals surface area contributed by atoms with Crippen molar-refractivity contribution in [2.45, 2.75) is 29.1 Å². The van der Waals surface area contributed by atoms with Crippen molar-refractivity contribution in [3.05, 3.63) is 29.8 Å². The van der Waals surface area contributed by atoms with Crippen LogP contribution in [-0.4, -0.2) is 25.3 Å². The first-order valence-corrected chi connectivity index (χ1v) is 6.82. The Morgan fingerprint density at radius 3 is 2.31 bits per heavy atom. The van der Waals surface area contributed by atoms with E-state index in [1.807, 2.05) is 0 Å². The number of hydrogen-bond donors (Lipinski definition) is 2. The number of rotatable bonds is 4. The standard InChI is InChI=1S/C11H15NO3S/c12-7-11(13)8-1-3-9(4-2-8)16(14,15)10-5-6-10/h1-4,10-11,13H,5-7,12H2. The van der Waals surface area contributed by atoms with Crippen LogP contribution in [0.2, 0.25) is 0 Å². The Morgan fingerprint density at radius 2 is 1.88 bits per heavy atom. The first-order chi connectivity index (χ1) is 7.55. The van der Waals surface area contributed by atoms with Gasteiger partial charge < -0.3 is 10.8 Å². The first-order valence-electron chi connectivity index (χ1n) is 5.27. The third-order valence-corrected chi connectivity index (χ3v) is 5.06. The molecule has 2 rings (SSSR count). The molecule has 5 heteroatoms. The molecule has 16 heavy (non-hydrogen) atoms. The smallest absolute Gasteiger partial charge is 0.181 e. The van der Waals surface area contributed by atoms with Gasteiger partial charge in [-0.25, -0.2) is 8.42 Å². The summed E-state index contributed by atoms with van der Waals surface area (Å²) < 4.78 is 23.7. The van der Waals surface area contributed by atoms with Gasteiger partial charge in [0.15, 0.2) is 9.84 Å². The summed E-state index contributed by atoms with van der Waals surface area (Å²) in [6.07, 6.45) is 0.794. The largest absolute Gasteiger partial charge is 0.387 e. The van der Waals surface area contributed by atoms with Crippen molar-refractivity contribution in [1.29, 1.82) is 0 Å². The molecule has 1 aromatic rings. The molecule has 3 N–H and O–H groups in total. The van der Waals surface area contributed by atoms with E-state index in [2.05, 4.69) is 0 Å². The molecule has 1 aliphatic rings. The summed E-state index contributed by atoms with van der Waals surface area (Å²) in [7, 11) is -3.13. The molecular formula is C11H15NO3S. The molecular weight excluding hydrogens is 226 g/mol. The lowest BCUT2D eigenvalue weighted by Crippen LogP contribution is -2.12. The molecule has 1 atom stereocenters. The summed E-state index contributed by atoms with van der Waals surface area (Å²) in [4.78, 5) is 0.336. The Balaban J connectivity index is 2.25. The van der Waals surface area contributed by atoms with E-state index < -0.39 is 15.9 Å². The second-order valence-electron chi connectivity index (χ2n) is 4.06. The monoisotopic (exact) mass is 241 g/mol. The highest BCUT2D eigenvalue weighted by molar-refractivity contribution is 7.92. The SMILES string of the molecule is NCC(O)c1ccc(S(=O)(=O)C2CC2)cc1. The maximum Gasteiger partial charge on any atom is 0.181 e. The van der Waals surface area contributed by atoms with E-state index in [0.29, 0.717) is 10.5 Å². The lowest BCUT2D eigenvalue weighted by Gasteiger charge is -2.09. The Hall–Kier alpha value is -0.910. The molecule has 88 valence electrons. The fraction of sp³-hybridized carbons (Fsp3) is 0.455. The number of aliphatic hydroxyl groups is 1. The minimum Gasteiger partial charge on any atom is -0.387 e. The van der Waals surface area contributed by atoms with Gasteiger partial charge in [0.05, 0.1) is 16.2 Å². The molecule has 0 bridgehead atoms. The van der Waals surface area contributed by atoms with Crippen LogP contribution in [0.15, 0.2) is 29.2 Å². The van der Waals surface area contributed by atoms with Gasteiger partial charge in [0.25, 0.3) is 0 Å². The molecule has 1 aromatic carbocycles. The van der Waals surface area contributed by atoms with E-state index >= 15 is 0 Å². The zero-order valence-electron chi connectivity index (χ0n) is 8.83. The second-order valence-corrected chi connectivity index (χ2v) is 6.29. The van der Waals surface area contributed by atoms with E-state index in [9.17, 15) is 13.5 Å². The van der Waals surface area contributed by atoms with Crippen LogP contribution < -0.4 is 5.73 Å². The normalized spacial score (nSPS) is 18.4. The van der Waals surface area contributed by atoms with Crippen molar-refractivity contribution in [2.24, 2.45) is 5.73 Å². The Morgan fingerprint density at radius 1 is 1.31 bits per heavy atom. The van der Waals surface area contributed by atoms with Gasteiger partial charge in [0, 0.05) is 6.54 Å². The highest BCUT2D eigenvalue weighted by Gasteiger charge is 2.36. The lowest BCUT2D eigenvalue weighted by molar-refractivity contribution is 0.186. The van der Waals surface area contributed by atoms with Gasteiger partial charge >= 0.3 is 0 Å². The lowest BCUT2D eigenvalue weighted by atomic mass is 10.1. The number of benzene rings is 1. The molecule has 1 aliphatic carbocycles. The van der Waals surface area contributed by atoms with Crippen LogP contribution in [0.1, 0.15) is 24.5 Å². The fourth-order valence-corrected chi connectivity index (χ4v) is 3.24. The molecule has 1 saturated carbocycles. The predicted octanol–water partition coefficient (Wildman–Crippen LogP) is 0.615. The van der Waals surface area contributed by atoms with Crippen LogP contribution in [0.25, 0.3) is 0 Å². The summed E-state index contributed by atoms with van der Waals surface area (Å²) in [5.41, 5.74) is 5.97. The number of sulfone groups is 1. The van der Waals surface area contributed by atoms with E-state index in [1.54, 1.807) is 24.3 Å². The molecule has 0 aliphatic heterocycles. The average Bonchev–Trinajstić information content (AvgIpc) is 3.12. The summed E-state index contributed by atoms with van der Waals surface area (Å²) in [5.74, 6) is 0. The van der Waals surface area contributed by atoms with Gasteiger partial charge in [-0.1, -0.05) is 12.1 Å². The molecule has 0 saturated heterocycles. The molecule has 0 amide bonds. The topological polar surface area (TPSA) is 80.4 Å². The highest BCUT2D eigenvalue weighted by Crippen LogP contribution is 2.33. The summed E-state index contributed by atoms with van der Waals surface area (Å²) in [5, 5.41) is 9.27. The molecule has 4 nitrogen and oxygen atoms in total. The molecule has 1 unspecified atom stereocenters. The molecule has 0 heterocycles. The van der Waals surface area contributed by atoms with Crippen molar-refractivity contribution >= 4 is 9.84 Å². The summed E-state index contributed by atoms with van der Waals surface area (Å²) >= 11 is 0. The van der Waals surface area contributed by atoms with Gasteiger partial charge in [0.1, 0.15) is 0 Å². The summed E-state index contributed by atoms with van der Waals surface area (Å²) in [6.45, 7) is 0.134. The minimum absolute atomic E-state index is 0.134. The number of aliphatic hydroxyl groups excluding tert-OH is 1. The van der Waals surface area contributed by atoms with Crippen LogP contribution in [-0.2, 0) is 9.84 Å². The van der Waals surface area contributed by atoms with Crippen LogP contribution in [0.5, 0.6) is 0 Å². The van der Waals surface area contributed by atoms with Crippen molar-refractivity contribution in [3.8, 4) is 0 Å². The third-order valence-electron chi connectivity index (χ3n) is 2.78. The molecule has 1 fully saturated rings. The Kier molecular flexibility index (Phi) is 3.01. The van der Waals surface area contributed by atoms with Crippen LogP contribution >= 0.6 is 0 Å². The maximum atomic E-state index is 11.9. The van der Waals surface area contributed by atoms with Gasteiger partial charge in [-0.2, -0.15) is 0 Å².